The second-order valence-electron chi connectivity index (χ2n) is 4.92. The fourth-order valence-corrected chi connectivity index (χ4v) is 3.68. The topological polar surface area (TPSA) is 46.2 Å². The van der Waals surface area contributed by atoms with E-state index in [1.807, 2.05) is 6.92 Å². The van der Waals surface area contributed by atoms with Gasteiger partial charge in [-0.05, 0) is 48.9 Å². The van der Waals surface area contributed by atoms with Gasteiger partial charge in [0.25, 0.3) is 0 Å². The van der Waals surface area contributed by atoms with Crippen molar-refractivity contribution < 1.29 is 8.42 Å². The lowest BCUT2D eigenvalue weighted by Crippen LogP contribution is -2.18. The van der Waals surface area contributed by atoms with Gasteiger partial charge in [-0.15, -0.1) is 0 Å². The molecule has 0 aromatic heterocycles. The van der Waals surface area contributed by atoms with E-state index < -0.39 is 9.84 Å². The minimum Gasteiger partial charge on any atom is -0.384 e. The number of anilines is 1. The summed E-state index contributed by atoms with van der Waals surface area (Å²) in [6.07, 6.45) is 4.27. The molecule has 0 aliphatic heterocycles. The van der Waals surface area contributed by atoms with Gasteiger partial charge < -0.3 is 5.32 Å². The molecule has 0 fully saturated rings. The number of rotatable bonds is 6. The number of fused-ring (bicyclic) bond motifs is 1. The number of aryl methyl sites for hydroxylation is 2. The third-order valence-electron chi connectivity index (χ3n) is 3.36. The lowest BCUT2D eigenvalue weighted by molar-refractivity contribution is 0.595. The fourth-order valence-electron chi connectivity index (χ4n) is 2.45. The van der Waals surface area contributed by atoms with E-state index in [2.05, 4.69) is 23.5 Å². The molecule has 0 spiro atoms. The highest BCUT2D eigenvalue weighted by atomic mass is 32.2. The lowest BCUT2D eigenvalue weighted by Gasteiger charge is -2.08. The molecule has 0 heterocycles. The summed E-state index contributed by atoms with van der Waals surface area (Å²) in [5, 5.41) is 3.21. The Hall–Kier alpha value is -1.03. The molecule has 0 unspecified atom stereocenters. The lowest BCUT2D eigenvalue weighted by atomic mass is 10.1. The molecule has 0 saturated heterocycles. The Morgan fingerprint density at radius 2 is 1.94 bits per heavy atom. The van der Waals surface area contributed by atoms with Crippen molar-refractivity contribution in [1.82, 2.24) is 0 Å². The first-order valence-corrected chi connectivity index (χ1v) is 8.49. The van der Waals surface area contributed by atoms with E-state index in [1.54, 1.807) is 0 Å². The van der Waals surface area contributed by atoms with Crippen molar-refractivity contribution in [2.75, 3.05) is 23.4 Å². The SMILES string of the molecule is CCCS(=O)(=O)CCNc1ccc2c(c1)CCC2. The average molecular weight is 267 g/mol. The van der Waals surface area contributed by atoms with Gasteiger partial charge >= 0.3 is 0 Å². The second kappa shape index (κ2) is 5.74. The van der Waals surface area contributed by atoms with Crippen LogP contribution in [-0.2, 0) is 22.7 Å². The molecule has 100 valence electrons. The molecule has 1 aliphatic carbocycles. The quantitative estimate of drug-likeness (QED) is 0.861. The first kappa shape index (κ1) is 13.4. The zero-order chi connectivity index (χ0) is 13.0. The Balaban J connectivity index is 1.87. The van der Waals surface area contributed by atoms with E-state index in [4.69, 9.17) is 0 Å². The first-order chi connectivity index (χ1) is 8.61. The number of nitrogens with one attached hydrogen (secondary N) is 1. The predicted molar refractivity (Wildman–Crippen MR) is 75.9 cm³/mol. The van der Waals surface area contributed by atoms with E-state index in [1.165, 1.54) is 24.0 Å². The minimum absolute atomic E-state index is 0.220. The van der Waals surface area contributed by atoms with Gasteiger partial charge in [-0.3, -0.25) is 0 Å². The molecule has 1 aromatic rings. The van der Waals surface area contributed by atoms with Crippen molar-refractivity contribution in [1.29, 1.82) is 0 Å². The molecule has 0 saturated carbocycles. The standard InChI is InChI=1S/C14H21NO2S/c1-2-9-18(16,17)10-8-15-14-7-6-12-4-3-5-13(12)11-14/h6-7,11,15H,2-5,8-10H2,1H3. The molecule has 1 N–H and O–H groups in total. The van der Waals surface area contributed by atoms with Crippen LogP contribution in [0.15, 0.2) is 18.2 Å². The van der Waals surface area contributed by atoms with Crippen LogP contribution in [-0.4, -0.2) is 26.5 Å². The molecule has 0 bridgehead atoms. The first-order valence-electron chi connectivity index (χ1n) is 6.67. The predicted octanol–water partition coefficient (Wildman–Crippen LogP) is 2.41. The molecule has 18 heavy (non-hydrogen) atoms. The Morgan fingerprint density at radius 3 is 2.72 bits per heavy atom. The Morgan fingerprint density at radius 1 is 1.17 bits per heavy atom. The minimum atomic E-state index is -2.88. The van der Waals surface area contributed by atoms with Crippen molar-refractivity contribution in [2.45, 2.75) is 32.6 Å². The van der Waals surface area contributed by atoms with Gasteiger partial charge in [0.15, 0.2) is 9.84 Å². The monoisotopic (exact) mass is 267 g/mol. The van der Waals surface area contributed by atoms with E-state index in [-0.39, 0.29) is 5.75 Å². The number of hydrogen-bond acceptors (Lipinski definition) is 3. The van der Waals surface area contributed by atoms with Gasteiger partial charge in [-0.2, -0.15) is 0 Å². The van der Waals surface area contributed by atoms with E-state index in [0.29, 0.717) is 18.7 Å². The summed E-state index contributed by atoms with van der Waals surface area (Å²) < 4.78 is 23.1. The number of benzene rings is 1. The molecular formula is C14H21NO2S. The summed E-state index contributed by atoms with van der Waals surface area (Å²) in [5.74, 6) is 0.511. The van der Waals surface area contributed by atoms with Gasteiger partial charge in [0, 0.05) is 18.0 Å². The van der Waals surface area contributed by atoms with E-state index in [0.717, 1.165) is 12.1 Å². The van der Waals surface area contributed by atoms with Gasteiger partial charge in [0.05, 0.1) is 5.75 Å². The Labute approximate surface area is 110 Å². The van der Waals surface area contributed by atoms with Crippen LogP contribution < -0.4 is 5.32 Å². The molecule has 0 radical (unpaired) electrons. The number of hydrogen-bond donors (Lipinski definition) is 1. The average Bonchev–Trinajstić information content (AvgIpc) is 2.75. The van der Waals surface area contributed by atoms with Crippen molar-refractivity contribution in [2.24, 2.45) is 0 Å². The third-order valence-corrected chi connectivity index (χ3v) is 5.21. The van der Waals surface area contributed by atoms with Gasteiger partial charge in [-0.1, -0.05) is 13.0 Å². The van der Waals surface area contributed by atoms with Crippen LogP contribution in [0.1, 0.15) is 30.9 Å². The summed E-state index contributed by atoms with van der Waals surface area (Å²) in [5.41, 5.74) is 3.90. The maximum absolute atomic E-state index is 11.6. The van der Waals surface area contributed by atoms with Crippen LogP contribution in [0.25, 0.3) is 0 Å². The van der Waals surface area contributed by atoms with Gasteiger partial charge in [0.2, 0.25) is 0 Å². The maximum atomic E-state index is 11.6. The molecule has 1 aromatic carbocycles. The maximum Gasteiger partial charge on any atom is 0.152 e. The molecule has 0 amide bonds. The second-order valence-corrected chi connectivity index (χ2v) is 7.22. The smallest absolute Gasteiger partial charge is 0.152 e. The normalized spacial score (nSPS) is 14.5. The van der Waals surface area contributed by atoms with Crippen LogP contribution >= 0.6 is 0 Å². The van der Waals surface area contributed by atoms with E-state index >= 15 is 0 Å². The van der Waals surface area contributed by atoms with Gasteiger partial charge in [0.1, 0.15) is 0 Å². The largest absolute Gasteiger partial charge is 0.384 e. The Bertz CT molecular complexity index is 509. The zero-order valence-corrected chi connectivity index (χ0v) is 11.7. The third kappa shape index (κ3) is 3.48. The number of sulfone groups is 1. The van der Waals surface area contributed by atoms with Crippen molar-refractivity contribution in [3.63, 3.8) is 0 Å². The summed E-state index contributed by atoms with van der Waals surface area (Å²) in [6.45, 7) is 2.40. The molecule has 4 heteroatoms. The van der Waals surface area contributed by atoms with Crippen LogP contribution in [0, 0.1) is 0 Å². The molecule has 2 rings (SSSR count). The van der Waals surface area contributed by atoms with Crippen LogP contribution in [0.4, 0.5) is 5.69 Å². The van der Waals surface area contributed by atoms with Crippen LogP contribution in [0.2, 0.25) is 0 Å². The molecule has 3 nitrogen and oxygen atoms in total. The van der Waals surface area contributed by atoms with Crippen molar-refractivity contribution in [3.05, 3.63) is 29.3 Å². The summed E-state index contributed by atoms with van der Waals surface area (Å²) in [4.78, 5) is 0. The molecule has 1 aliphatic rings. The zero-order valence-electron chi connectivity index (χ0n) is 10.9. The fraction of sp³-hybridized carbons (Fsp3) is 0.571. The van der Waals surface area contributed by atoms with E-state index in [9.17, 15) is 8.42 Å². The van der Waals surface area contributed by atoms with Crippen LogP contribution in [0.3, 0.4) is 0 Å². The van der Waals surface area contributed by atoms with Crippen molar-refractivity contribution in [3.8, 4) is 0 Å². The highest BCUT2D eigenvalue weighted by Crippen LogP contribution is 2.24. The summed E-state index contributed by atoms with van der Waals surface area (Å²) >= 11 is 0. The summed E-state index contributed by atoms with van der Waals surface area (Å²) in [6, 6.07) is 6.37. The molecular weight excluding hydrogens is 246 g/mol. The van der Waals surface area contributed by atoms with Crippen molar-refractivity contribution >= 4 is 15.5 Å². The molecule has 0 atom stereocenters. The van der Waals surface area contributed by atoms with Gasteiger partial charge in [-0.25, -0.2) is 8.42 Å². The van der Waals surface area contributed by atoms with Crippen LogP contribution in [0.5, 0.6) is 0 Å². The Kier molecular flexibility index (Phi) is 4.27. The highest BCUT2D eigenvalue weighted by Gasteiger charge is 2.11. The summed E-state index contributed by atoms with van der Waals surface area (Å²) in [7, 11) is -2.88. The highest BCUT2D eigenvalue weighted by molar-refractivity contribution is 7.91.